The molecule has 1 N–H and O–H groups in total. The minimum absolute atomic E-state index is 0.0269. The zero-order chi connectivity index (χ0) is 45.4. The van der Waals surface area contributed by atoms with Gasteiger partial charge < -0.3 is 29.7 Å². The highest BCUT2D eigenvalue weighted by molar-refractivity contribution is 6.31. The lowest BCUT2D eigenvalue weighted by Crippen LogP contribution is -2.50. The van der Waals surface area contributed by atoms with E-state index in [4.69, 9.17) is 26.7 Å². The van der Waals surface area contributed by atoms with Crippen LogP contribution in [0.25, 0.3) is 0 Å². The number of ether oxygens (including phenoxy) is 1. The molecular formula is C50H60ClN11O3. The number of nitrogens with zero attached hydrogens (tertiary/aromatic N) is 10. The summed E-state index contributed by atoms with van der Waals surface area (Å²) in [6, 6.07) is 17.9. The number of halogens is 1. The van der Waals surface area contributed by atoms with E-state index in [9.17, 15) is 14.9 Å². The van der Waals surface area contributed by atoms with Crippen molar-refractivity contribution in [2.24, 2.45) is 17.8 Å². The molecule has 2 aromatic carbocycles. The number of anilines is 3. The van der Waals surface area contributed by atoms with Crippen LogP contribution >= 0.6 is 11.6 Å². The second-order valence-electron chi connectivity index (χ2n) is 19.2. The van der Waals surface area contributed by atoms with Crippen molar-refractivity contribution < 1.29 is 14.3 Å². The van der Waals surface area contributed by atoms with Crippen LogP contribution in [0.3, 0.4) is 0 Å². The summed E-state index contributed by atoms with van der Waals surface area (Å²) in [7, 11) is 0. The Bertz CT molecular complexity index is 2480. The van der Waals surface area contributed by atoms with Crippen LogP contribution in [-0.2, 0) is 24.2 Å². The van der Waals surface area contributed by atoms with Gasteiger partial charge in [-0.25, -0.2) is 0 Å². The van der Waals surface area contributed by atoms with Crippen molar-refractivity contribution in [1.29, 1.82) is 10.5 Å². The number of rotatable bonds is 9. The number of benzene rings is 2. The minimum atomic E-state index is -0.206. The van der Waals surface area contributed by atoms with Gasteiger partial charge in [0.25, 0.3) is 5.91 Å². The van der Waals surface area contributed by atoms with E-state index >= 15 is 0 Å². The number of piperidine rings is 2. The zero-order valence-electron chi connectivity index (χ0n) is 38.1. The molecule has 6 heterocycles. The number of fused-ring (bicyclic) bond motifs is 2. The van der Waals surface area contributed by atoms with Crippen molar-refractivity contribution >= 4 is 40.7 Å². The van der Waals surface area contributed by atoms with E-state index in [-0.39, 0.29) is 24.0 Å². The molecule has 0 radical (unpaired) electrons. The molecule has 2 aromatic heterocycles. The average molecular weight is 899 g/mol. The van der Waals surface area contributed by atoms with Crippen molar-refractivity contribution in [3.05, 3.63) is 86.7 Å². The topological polar surface area (TPSA) is 160 Å². The molecule has 4 aliphatic heterocycles. The van der Waals surface area contributed by atoms with Crippen molar-refractivity contribution in [3.63, 3.8) is 0 Å². The maximum atomic E-state index is 13.2. The van der Waals surface area contributed by atoms with Crippen LogP contribution in [0.15, 0.2) is 42.5 Å². The Morgan fingerprint density at radius 1 is 0.892 bits per heavy atom. The maximum absolute atomic E-state index is 13.2. The highest BCUT2D eigenvalue weighted by Gasteiger charge is 2.37. The highest BCUT2D eigenvalue weighted by atomic mass is 35.5. The van der Waals surface area contributed by atoms with Crippen LogP contribution < -0.4 is 19.9 Å². The average Bonchev–Trinajstić information content (AvgIpc) is 3.69. The van der Waals surface area contributed by atoms with Crippen molar-refractivity contribution in [1.82, 2.24) is 35.1 Å². The Balaban J connectivity index is 0.777. The number of carbonyl (C=O) groups is 2. The number of nitriles is 2. The molecule has 3 fully saturated rings. The Morgan fingerprint density at radius 2 is 1.65 bits per heavy atom. The van der Waals surface area contributed by atoms with Gasteiger partial charge in [-0.15, -0.1) is 10.2 Å². The lowest BCUT2D eigenvalue weighted by Gasteiger charge is -2.44. The largest absolute Gasteiger partial charge is 0.490 e. The molecule has 2 amide bonds. The van der Waals surface area contributed by atoms with Crippen LogP contribution in [0.5, 0.6) is 5.75 Å². The van der Waals surface area contributed by atoms with E-state index < -0.39 is 0 Å². The molecule has 1 saturated carbocycles. The fourth-order valence-corrected chi connectivity index (χ4v) is 11.4. The summed E-state index contributed by atoms with van der Waals surface area (Å²) in [5, 5.41) is 36.8. The number of hydrogen-bond acceptors (Lipinski definition) is 11. The highest BCUT2D eigenvalue weighted by Crippen LogP contribution is 2.41. The Hall–Kier alpha value is -5.70. The lowest BCUT2D eigenvalue weighted by molar-refractivity contribution is -0.129. The van der Waals surface area contributed by atoms with Crippen LogP contribution in [0.2, 0.25) is 5.02 Å². The van der Waals surface area contributed by atoms with Gasteiger partial charge in [-0.3, -0.25) is 14.3 Å². The zero-order valence-corrected chi connectivity index (χ0v) is 38.9. The van der Waals surface area contributed by atoms with Crippen LogP contribution in [-0.4, -0.2) is 99.6 Å². The number of aryl methyl sites for hydroxylation is 2. The van der Waals surface area contributed by atoms with Gasteiger partial charge in [0.15, 0.2) is 17.3 Å². The van der Waals surface area contributed by atoms with Gasteiger partial charge in [0.1, 0.15) is 11.8 Å². The molecule has 14 nitrogen and oxygen atoms in total. The predicted octanol–water partition coefficient (Wildman–Crippen LogP) is 7.53. The Morgan fingerprint density at radius 3 is 2.32 bits per heavy atom. The first-order chi connectivity index (χ1) is 31.5. The van der Waals surface area contributed by atoms with Gasteiger partial charge in [0, 0.05) is 88.2 Å². The van der Waals surface area contributed by atoms with Gasteiger partial charge in [-0.1, -0.05) is 25.4 Å². The number of carbonyl (C=O) groups excluding carboxylic acids is 2. The van der Waals surface area contributed by atoms with Gasteiger partial charge in [-0.05, 0) is 124 Å². The number of amides is 2. The molecule has 2 saturated heterocycles. The smallest absolute Gasteiger partial charge is 0.272 e. The fourth-order valence-electron chi connectivity index (χ4n) is 11.1. The van der Waals surface area contributed by atoms with E-state index in [0.29, 0.717) is 58.9 Å². The summed E-state index contributed by atoms with van der Waals surface area (Å²) in [6.07, 6.45) is 8.04. The summed E-state index contributed by atoms with van der Waals surface area (Å²) in [5.41, 5.74) is 7.25. The Labute approximate surface area is 387 Å². The molecule has 0 spiro atoms. The van der Waals surface area contributed by atoms with E-state index in [1.54, 1.807) is 31.2 Å². The van der Waals surface area contributed by atoms with Crippen LogP contribution in [0.1, 0.15) is 116 Å². The molecule has 5 aliphatic rings. The van der Waals surface area contributed by atoms with Gasteiger partial charge in [0.2, 0.25) is 5.91 Å². The third-order valence-electron chi connectivity index (χ3n) is 14.9. The number of likely N-dealkylation sites (tertiary alicyclic amines) is 1. The minimum Gasteiger partial charge on any atom is -0.490 e. The molecule has 4 aromatic rings. The first kappa shape index (κ1) is 44.5. The van der Waals surface area contributed by atoms with Crippen molar-refractivity contribution in [3.8, 4) is 17.9 Å². The second kappa shape index (κ2) is 19.0. The SMILES string of the molecule is CC(=O)N1CCc2c(c(N3CCCc4cc(C#N)c(C)cc43)nn2C2CCN(CC3[C@H](C)CN(c4ccc(C(=O)NC5CCC(Oc6ccc(C#N)c(Cl)c6)CC5)nn4)C[C@@H]3C)CC2)C1. The summed E-state index contributed by atoms with van der Waals surface area (Å²) < 4.78 is 8.46. The molecule has 340 valence electrons. The number of hydrogen-bond donors (Lipinski definition) is 1. The van der Waals surface area contributed by atoms with E-state index in [2.05, 4.69) is 73.0 Å². The van der Waals surface area contributed by atoms with Crippen molar-refractivity contribution in [2.75, 3.05) is 55.6 Å². The predicted molar refractivity (Wildman–Crippen MR) is 249 cm³/mol. The van der Waals surface area contributed by atoms with Gasteiger partial charge in [-0.2, -0.15) is 15.6 Å². The first-order valence-electron chi connectivity index (χ1n) is 23.6. The monoisotopic (exact) mass is 897 g/mol. The second-order valence-corrected chi connectivity index (χ2v) is 19.6. The van der Waals surface area contributed by atoms with E-state index in [1.165, 1.54) is 16.8 Å². The molecular weight excluding hydrogens is 838 g/mol. The van der Waals surface area contributed by atoms with Crippen LogP contribution in [0.4, 0.5) is 17.3 Å². The fraction of sp³-hybridized carbons (Fsp3) is 0.540. The molecule has 3 atom stereocenters. The summed E-state index contributed by atoms with van der Waals surface area (Å²) in [5.74, 6) is 3.80. The molecule has 0 bridgehead atoms. The quantitative estimate of drug-likeness (QED) is 0.177. The molecule has 1 aliphatic carbocycles. The van der Waals surface area contributed by atoms with Crippen LogP contribution in [0, 0.1) is 47.3 Å². The third kappa shape index (κ3) is 9.39. The standard InChI is InChI=1S/C50H60ClN11O3/c1-31-22-47-35(23-37(31)26-53)6-5-18-61(47)49-43-30-59(34(4)63)21-17-46(43)62(57-49)39-15-19-58(20-16-39)29-42-32(2)27-60(28-33(42)3)48-14-13-45(55-56-48)50(64)54-38-8-11-40(12-9-38)65-41-10-7-36(25-52)44(51)24-41/h7,10,13-14,22-24,32-33,38-40,42H,5-6,8-9,11-12,15-21,27-30H2,1-4H3,(H,54,64)/t32-,33+,38?,40?,42?. The summed E-state index contributed by atoms with van der Waals surface area (Å²) >= 11 is 6.18. The van der Waals surface area contributed by atoms with E-state index in [0.717, 1.165) is 126 Å². The third-order valence-corrected chi connectivity index (χ3v) is 15.2. The Kier molecular flexibility index (Phi) is 13.0. The first-order valence-corrected chi connectivity index (χ1v) is 24.0. The van der Waals surface area contributed by atoms with E-state index in [1.807, 2.05) is 17.9 Å². The normalized spacial score (nSPS) is 23.8. The van der Waals surface area contributed by atoms with Gasteiger partial charge >= 0.3 is 0 Å². The number of aromatic nitrogens is 4. The summed E-state index contributed by atoms with van der Waals surface area (Å²) in [6.45, 7) is 15.4. The lowest BCUT2D eigenvalue weighted by atomic mass is 9.79. The number of nitrogens with one attached hydrogen (secondary N) is 1. The molecule has 1 unspecified atom stereocenters. The maximum Gasteiger partial charge on any atom is 0.272 e. The van der Waals surface area contributed by atoms with Gasteiger partial charge in [0.05, 0.1) is 40.9 Å². The molecule has 65 heavy (non-hydrogen) atoms. The molecule has 15 heteroatoms. The van der Waals surface area contributed by atoms with Crippen molar-refractivity contribution in [2.45, 2.75) is 110 Å². The molecule has 9 rings (SSSR count). The summed E-state index contributed by atoms with van der Waals surface area (Å²) in [4.78, 5) is 35.1.